The number of halogens is 3. The minimum atomic E-state index is -4.62. The zero-order valence-electron chi connectivity index (χ0n) is 10.5. The number of nitrogens with zero attached hydrogens (tertiary/aromatic N) is 1. The summed E-state index contributed by atoms with van der Waals surface area (Å²) in [5.41, 5.74) is 4.27. The van der Waals surface area contributed by atoms with E-state index in [2.05, 4.69) is 4.98 Å². The smallest absolute Gasteiger partial charge is 0.366 e. The van der Waals surface area contributed by atoms with Crippen molar-refractivity contribution in [1.82, 2.24) is 4.98 Å². The number of carbonyl (C=O) groups is 1. The molecule has 3 nitrogen and oxygen atoms in total. The predicted octanol–water partition coefficient (Wildman–Crippen LogP) is 3.17. The Kier molecular flexibility index (Phi) is 3.48. The number of benzene rings is 1. The topological polar surface area (TPSA) is 56.0 Å². The van der Waals surface area contributed by atoms with E-state index in [1.165, 1.54) is 19.1 Å². The van der Waals surface area contributed by atoms with Gasteiger partial charge in [-0.15, -0.1) is 0 Å². The standard InChI is InChI=1S/C14H11F3N2O/c1-8-11(13(18)20)12(9-5-3-2-4-6-9)10(7-19-8)14(15,16)17/h2-7H,1H3,(H2,18,20). The average molecular weight is 280 g/mol. The minimum absolute atomic E-state index is 0.171. The number of alkyl halides is 3. The molecule has 2 rings (SSSR count). The van der Waals surface area contributed by atoms with Crippen molar-refractivity contribution in [3.8, 4) is 11.1 Å². The van der Waals surface area contributed by atoms with Crippen molar-refractivity contribution >= 4 is 5.91 Å². The Labute approximate surface area is 113 Å². The highest BCUT2D eigenvalue weighted by Crippen LogP contribution is 2.39. The summed E-state index contributed by atoms with van der Waals surface area (Å²) in [4.78, 5) is 15.1. The van der Waals surface area contributed by atoms with Crippen molar-refractivity contribution in [3.05, 3.63) is 53.3 Å². The largest absolute Gasteiger partial charge is 0.418 e. The van der Waals surface area contributed by atoms with Crippen LogP contribution >= 0.6 is 0 Å². The fourth-order valence-electron chi connectivity index (χ4n) is 2.03. The van der Waals surface area contributed by atoms with E-state index < -0.39 is 17.6 Å². The molecule has 0 atom stereocenters. The van der Waals surface area contributed by atoms with Crippen molar-refractivity contribution in [2.24, 2.45) is 5.73 Å². The monoisotopic (exact) mass is 280 g/mol. The zero-order chi connectivity index (χ0) is 14.9. The molecular formula is C14H11F3N2O. The first-order valence-corrected chi connectivity index (χ1v) is 5.74. The van der Waals surface area contributed by atoms with E-state index in [9.17, 15) is 18.0 Å². The molecule has 1 heterocycles. The highest BCUT2D eigenvalue weighted by molar-refractivity contribution is 6.01. The van der Waals surface area contributed by atoms with Crippen LogP contribution in [-0.4, -0.2) is 10.9 Å². The Hall–Kier alpha value is -2.37. The van der Waals surface area contributed by atoms with Gasteiger partial charge >= 0.3 is 6.18 Å². The number of aryl methyl sites for hydroxylation is 1. The normalized spacial score (nSPS) is 11.4. The lowest BCUT2D eigenvalue weighted by Gasteiger charge is -2.16. The summed E-state index contributed by atoms with van der Waals surface area (Å²) in [6, 6.07) is 7.85. The van der Waals surface area contributed by atoms with Crippen LogP contribution in [0.4, 0.5) is 13.2 Å². The van der Waals surface area contributed by atoms with Crippen LogP contribution in [0, 0.1) is 6.92 Å². The Bertz CT molecular complexity index is 651. The van der Waals surface area contributed by atoms with Crippen LogP contribution in [0.3, 0.4) is 0 Å². The number of aromatic nitrogens is 1. The van der Waals surface area contributed by atoms with Crippen LogP contribution < -0.4 is 5.73 Å². The number of carbonyl (C=O) groups excluding carboxylic acids is 1. The van der Waals surface area contributed by atoms with Crippen LogP contribution in [0.1, 0.15) is 21.6 Å². The van der Waals surface area contributed by atoms with Gasteiger partial charge in [0.25, 0.3) is 5.91 Å². The van der Waals surface area contributed by atoms with Crippen LogP contribution in [0.15, 0.2) is 36.5 Å². The average Bonchev–Trinajstić information content (AvgIpc) is 2.37. The van der Waals surface area contributed by atoms with E-state index in [1.807, 2.05) is 0 Å². The third-order valence-electron chi connectivity index (χ3n) is 2.88. The summed E-state index contributed by atoms with van der Waals surface area (Å²) in [7, 11) is 0. The molecule has 0 bridgehead atoms. The Morgan fingerprint density at radius 2 is 1.80 bits per heavy atom. The van der Waals surface area contributed by atoms with Gasteiger partial charge in [-0.2, -0.15) is 13.2 Å². The third-order valence-corrected chi connectivity index (χ3v) is 2.88. The third kappa shape index (κ3) is 2.49. The van der Waals surface area contributed by atoms with Crippen molar-refractivity contribution in [2.45, 2.75) is 13.1 Å². The maximum Gasteiger partial charge on any atom is 0.418 e. The van der Waals surface area contributed by atoms with Crippen molar-refractivity contribution in [3.63, 3.8) is 0 Å². The number of hydrogen-bond donors (Lipinski definition) is 1. The highest BCUT2D eigenvalue weighted by Gasteiger charge is 2.36. The quantitative estimate of drug-likeness (QED) is 0.918. The second kappa shape index (κ2) is 4.96. The van der Waals surface area contributed by atoms with Crippen LogP contribution in [-0.2, 0) is 6.18 Å². The molecule has 2 aromatic rings. The van der Waals surface area contributed by atoms with Crippen molar-refractivity contribution in [2.75, 3.05) is 0 Å². The van der Waals surface area contributed by atoms with Gasteiger partial charge in [0.1, 0.15) is 0 Å². The molecule has 0 spiro atoms. The van der Waals surface area contributed by atoms with Gasteiger partial charge in [0.05, 0.1) is 16.8 Å². The van der Waals surface area contributed by atoms with Crippen LogP contribution in [0.2, 0.25) is 0 Å². The van der Waals surface area contributed by atoms with Gasteiger partial charge in [0.2, 0.25) is 0 Å². The molecule has 0 aliphatic rings. The van der Waals surface area contributed by atoms with E-state index in [-0.39, 0.29) is 22.4 Å². The first-order valence-electron chi connectivity index (χ1n) is 5.74. The van der Waals surface area contributed by atoms with Gasteiger partial charge in [-0.05, 0) is 12.5 Å². The SMILES string of the molecule is Cc1ncc(C(F)(F)F)c(-c2ccccc2)c1C(N)=O. The molecule has 1 aromatic heterocycles. The maximum absolute atomic E-state index is 13.1. The molecule has 0 aliphatic carbocycles. The molecule has 0 aliphatic heterocycles. The molecular weight excluding hydrogens is 269 g/mol. The molecule has 0 saturated carbocycles. The van der Waals surface area contributed by atoms with Crippen LogP contribution in [0.5, 0.6) is 0 Å². The minimum Gasteiger partial charge on any atom is -0.366 e. The second-order valence-corrected chi connectivity index (χ2v) is 4.24. The molecule has 2 N–H and O–H groups in total. The van der Waals surface area contributed by atoms with Gasteiger partial charge < -0.3 is 5.73 Å². The fraction of sp³-hybridized carbons (Fsp3) is 0.143. The van der Waals surface area contributed by atoms with Gasteiger partial charge in [-0.25, -0.2) is 0 Å². The highest BCUT2D eigenvalue weighted by atomic mass is 19.4. The lowest BCUT2D eigenvalue weighted by molar-refractivity contribution is -0.137. The summed E-state index contributed by atoms with van der Waals surface area (Å²) in [5, 5.41) is 0. The van der Waals surface area contributed by atoms with E-state index in [0.717, 1.165) is 6.20 Å². The molecule has 1 amide bonds. The molecule has 0 radical (unpaired) electrons. The number of amides is 1. The van der Waals surface area contributed by atoms with E-state index in [1.54, 1.807) is 18.2 Å². The molecule has 0 fully saturated rings. The second-order valence-electron chi connectivity index (χ2n) is 4.24. The first-order chi connectivity index (χ1) is 9.32. The lowest BCUT2D eigenvalue weighted by atomic mass is 9.94. The molecule has 0 saturated heterocycles. The fourth-order valence-corrected chi connectivity index (χ4v) is 2.03. The molecule has 104 valence electrons. The Balaban J connectivity index is 2.86. The number of pyridine rings is 1. The maximum atomic E-state index is 13.1. The van der Waals surface area contributed by atoms with Gasteiger partial charge in [-0.3, -0.25) is 9.78 Å². The summed E-state index contributed by atoms with van der Waals surface area (Å²) >= 11 is 0. The van der Waals surface area contributed by atoms with Gasteiger partial charge in [-0.1, -0.05) is 30.3 Å². The number of rotatable bonds is 2. The van der Waals surface area contributed by atoms with E-state index in [0.29, 0.717) is 0 Å². The summed E-state index contributed by atoms with van der Waals surface area (Å²) in [6.07, 6.45) is -3.89. The van der Waals surface area contributed by atoms with Crippen molar-refractivity contribution < 1.29 is 18.0 Å². The number of primary amides is 1. The molecule has 0 unspecified atom stereocenters. The van der Waals surface area contributed by atoms with E-state index >= 15 is 0 Å². The van der Waals surface area contributed by atoms with E-state index in [4.69, 9.17) is 5.73 Å². The Morgan fingerprint density at radius 3 is 2.30 bits per heavy atom. The molecule has 6 heteroatoms. The van der Waals surface area contributed by atoms with Crippen molar-refractivity contribution in [1.29, 1.82) is 0 Å². The van der Waals surface area contributed by atoms with Gasteiger partial charge in [0.15, 0.2) is 0 Å². The predicted molar refractivity (Wildman–Crippen MR) is 67.9 cm³/mol. The summed E-state index contributed by atoms with van der Waals surface area (Å²) in [5.74, 6) is -0.931. The molecule has 1 aromatic carbocycles. The zero-order valence-corrected chi connectivity index (χ0v) is 10.5. The van der Waals surface area contributed by atoms with Crippen LogP contribution in [0.25, 0.3) is 11.1 Å². The summed E-state index contributed by atoms with van der Waals surface area (Å²) in [6.45, 7) is 1.45. The lowest BCUT2D eigenvalue weighted by Crippen LogP contribution is -2.19. The number of hydrogen-bond acceptors (Lipinski definition) is 2. The molecule has 20 heavy (non-hydrogen) atoms. The first kappa shape index (κ1) is 14.0. The summed E-state index contributed by atoms with van der Waals surface area (Å²) < 4.78 is 39.4. The number of nitrogens with two attached hydrogens (primary N) is 1. The van der Waals surface area contributed by atoms with Gasteiger partial charge in [0, 0.05) is 11.8 Å². The Morgan fingerprint density at radius 1 is 1.20 bits per heavy atom.